The summed E-state index contributed by atoms with van der Waals surface area (Å²) in [5, 5.41) is 4.17. The quantitative estimate of drug-likeness (QED) is 0.533. The zero-order chi connectivity index (χ0) is 23.5. The number of anilines is 3. The van der Waals surface area contributed by atoms with E-state index >= 15 is 0 Å². The van der Waals surface area contributed by atoms with E-state index in [1.807, 2.05) is 36.4 Å². The molecule has 0 spiro atoms. The summed E-state index contributed by atoms with van der Waals surface area (Å²) in [5.41, 5.74) is 1.01. The molecule has 0 saturated carbocycles. The third-order valence-corrected chi connectivity index (χ3v) is 6.09. The Morgan fingerprint density at radius 3 is 2.38 bits per heavy atom. The van der Waals surface area contributed by atoms with E-state index in [0.717, 1.165) is 43.4 Å². The Morgan fingerprint density at radius 1 is 0.882 bits per heavy atom. The van der Waals surface area contributed by atoms with Gasteiger partial charge in [-0.15, -0.1) is 0 Å². The molecule has 2 fully saturated rings. The lowest BCUT2D eigenvalue weighted by Gasteiger charge is -2.26. The van der Waals surface area contributed by atoms with E-state index in [2.05, 4.69) is 20.3 Å². The van der Waals surface area contributed by atoms with Crippen molar-refractivity contribution in [2.45, 2.75) is 37.4 Å². The van der Waals surface area contributed by atoms with Crippen LogP contribution in [0.3, 0.4) is 0 Å². The number of benzene rings is 1. The Morgan fingerprint density at radius 2 is 1.68 bits per heavy atom. The van der Waals surface area contributed by atoms with Crippen LogP contribution < -0.4 is 10.4 Å². The van der Waals surface area contributed by atoms with E-state index < -0.39 is 11.7 Å². The number of rotatable bonds is 5. The molecular weight excluding hydrogens is 447 g/mol. The van der Waals surface area contributed by atoms with Crippen LogP contribution >= 0.6 is 0 Å². The van der Waals surface area contributed by atoms with E-state index in [0.29, 0.717) is 24.8 Å². The monoisotopic (exact) mass is 471 g/mol. The number of nitrogens with one attached hydrogen (secondary N) is 1. The van der Waals surface area contributed by atoms with Gasteiger partial charge in [-0.1, -0.05) is 36.4 Å². The smallest absolute Gasteiger partial charge is 0.381 e. The Balaban J connectivity index is 1.41. The van der Waals surface area contributed by atoms with Gasteiger partial charge < -0.3 is 10.1 Å². The molecule has 34 heavy (non-hydrogen) atoms. The van der Waals surface area contributed by atoms with Crippen LogP contribution in [0.1, 0.15) is 47.9 Å². The van der Waals surface area contributed by atoms with Crippen molar-refractivity contribution in [1.29, 1.82) is 0 Å². The normalized spacial score (nSPS) is 19.4. The van der Waals surface area contributed by atoms with Crippen molar-refractivity contribution in [3.63, 3.8) is 0 Å². The highest BCUT2D eigenvalue weighted by Crippen LogP contribution is 2.41. The summed E-state index contributed by atoms with van der Waals surface area (Å²) >= 11 is 0. The van der Waals surface area contributed by atoms with Crippen molar-refractivity contribution < 1.29 is 22.7 Å². The number of nitrogens with zero attached hydrogens (tertiary/aromatic N) is 4. The first-order chi connectivity index (χ1) is 16.5. The summed E-state index contributed by atoms with van der Waals surface area (Å²) in [5.74, 6) is 0.529. The van der Waals surface area contributed by atoms with E-state index in [1.54, 1.807) is 12.3 Å². The largest absolute Gasteiger partial charge is 0.421 e. The molecule has 3 aromatic rings. The second-order valence-electron chi connectivity index (χ2n) is 8.29. The molecule has 1 unspecified atom stereocenters. The van der Waals surface area contributed by atoms with Crippen LogP contribution in [0.15, 0.2) is 54.9 Å². The highest BCUT2D eigenvalue weighted by atomic mass is 19.4. The summed E-state index contributed by atoms with van der Waals surface area (Å²) in [6, 6.07) is 12.6. The molecule has 178 valence electrons. The van der Waals surface area contributed by atoms with E-state index in [1.165, 1.54) is 5.06 Å². The van der Waals surface area contributed by atoms with Crippen molar-refractivity contribution >= 4 is 17.6 Å². The van der Waals surface area contributed by atoms with Gasteiger partial charge in [-0.25, -0.2) is 15.0 Å². The molecule has 0 amide bonds. The van der Waals surface area contributed by atoms with Crippen LogP contribution in [-0.4, -0.2) is 34.8 Å². The lowest BCUT2D eigenvalue weighted by atomic mass is 9.93. The van der Waals surface area contributed by atoms with Gasteiger partial charge in [-0.3, -0.25) is 4.84 Å². The second-order valence-corrected chi connectivity index (χ2v) is 8.29. The third-order valence-electron chi connectivity index (χ3n) is 6.09. The van der Waals surface area contributed by atoms with Crippen molar-refractivity contribution in [3.05, 3.63) is 71.5 Å². The van der Waals surface area contributed by atoms with Gasteiger partial charge in [-0.05, 0) is 36.0 Å². The number of hydroxylamine groups is 1. The van der Waals surface area contributed by atoms with Gasteiger partial charge in [-0.2, -0.15) is 18.2 Å². The van der Waals surface area contributed by atoms with Crippen LogP contribution in [0.25, 0.3) is 0 Å². The fourth-order valence-corrected chi connectivity index (χ4v) is 4.32. The zero-order valence-corrected chi connectivity index (χ0v) is 18.3. The molecule has 1 aromatic carbocycles. The lowest BCUT2D eigenvalue weighted by molar-refractivity contribution is -0.138. The molecule has 1 N–H and O–H groups in total. The zero-order valence-electron chi connectivity index (χ0n) is 18.3. The molecule has 0 bridgehead atoms. The van der Waals surface area contributed by atoms with E-state index in [4.69, 9.17) is 9.57 Å². The van der Waals surface area contributed by atoms with Crippen LogP contribution in [-0.2, 0) is 15.8 Å². The molecule has 0 radical (unpaired) electrons. The number of pyridine rings is 1. The molecular formula is C24H24F3N5O2. The molecule has 0 aliphatic carbocycles. The topological polar surface area (TPSA) is 72.4 Å². The van der Waals surface area contributed by atoms with E-state index in [9.17, 15) is 13.2 Å². The predicted octanol–water partition coefficient (Wildman–Crippen LogP) is 5.41. The molecule has 10 heteroatoms. The second kappa shape index (κ2) is 9.55. The Kier molecular flexibility index (Phi) is 6.34. The van der Waals surface area contributed by atoms with Crippen LogP contribution in [0.4, 0.5) is 30.8 Å². The van der Waals surface area contributed by atoms with Gasteiger partial charge in [0.2, 0.25) is 5.95 Å². The van der Waals surface area contributed by atoms with Crippen molar-refractivity contribution in [1.82, 2.24) is 15.0 Å². The number of aromatic nitrogens is 3. The summed E-state index contributed by atoms with van der Waals surface area (Å²) in [6.07, 6.45) is 0.355. The number of ether oxygens (including phenoxy) is 1. The fraction of sp³-hybridized carbons (Fsp3) is 0.375. The van der Waals surface area contributed by atoms with Crippen LogP contribution in [0, 0.1) is 0 Å². The molecule has 4 heterocycles. The molecule has 2 aliphatic rings. The van der Waals surface area contributed by atoms with Crippen molar-refractivity contribution in [2.24, 2.45) is 0 Å². The molecule has 1 atom stereocenters. The minimum atomic E-state index is -4.63. The number of hydrogen-bond donors (Lipinski definition) is 1. The van der Waals surface area contributed by atoms with Gasteiger partial charge in [0.05, 0.1) is 12.6 Å². The molecule has 2 aliphatic heterocycles. The van der Waals surface area contributed by atoms with Crippen LogP contribution in [0.5, 0.6) is 0 Å². The first kappa shape index (κ1) is 22.5. The average molecular weight is 471 g/mol. The summed E-state index contributed by atoms with van der Waals surface area (Å²) in [4.78, 5) is 18.1. The highest BCUT2D eigenvalue weighted by Gasteiger charge is 2.40. The molecule has 5 rings (SSSR count). The lowest BCUT2D eigenvalue weighted by Crippen LogP contribution is -2.26. The maximum Gasteiger partial charge on any atom is 0.421 e. The first-order valence-electron chi connectivity index (χ1n) is 11.2. The number of halogens is 3. The highest BCUT2D eigenvalue weighted by molar-refractivity contribution is 5.55. The van der Waals surface area contributed by atoms with Gasteiger partial charge in [0.15, 0.2) is 5.82 Å². The minimum Gasteiger partial charge on any atom is -0.381 e. The summed E-state index contributed by atoms with van der Waals surface area (Å²) < 4.78 is 46.8. The average Bonchev–Trinajstić information content (AvgIpc) is 3.35. The molecule has 2 aromatic heterocycles. The predicted molar refractivity (Wildman–Crippen MR) is 120 cm³/mol. The van der Waals surface area contributed by atoms with Gasteiger partial charge in [0.25, 0.3) is 0 Å². The SMILES string of the molecule is FC(F)(F)c1cnc(Nc2ccc(C3CCOCC3)cn2)nc1N1OCCC1c1ccccc1. The first-order valence-corrected chi connectivity index (χ1v) is 11.2. The Hall–Kier alpha value is -3.24. The third kappa shape index (κ3) is 4.83. The standard InChI is InChI=1S/C24H24F3N5O2/c25-24(26,27)19-15-29-23(30-21-7-6-18(14-28-21)16-8-11-33-12-9-16)31-22(19)32-20(10-13-34-32)17-4-2-1-3-5-17/h1-7,14-16,20H,8-13H2,(H,28,29,30,31). The van der Waals surface area contributed by atoms with E-state index in [-0.39, 0.29) is 17.8 Å². The molecule has 2 saturated heterocycles. The Bertz CT molecular complexity index is 1110. The summed E-state index contributed by atoms with van der Waals surface area (Å²) in [7, 11) is 0. The maximum atomic E-state index is 13.8. The van der Waals surface area contributed by atoms with Gasteiger partial charge in [0, 0.05) is 32.0 Å². The van der Waals surface area contributed by atoms with Crippen LogP contribution in [0.2, 0.25) is 0 Å². The van der Waals surface area contributed by atoms with Gasteiger partial charge in [0.1, 0.15) is 11.4 Å². The number of hydrogen-bond acceptors (Lipinski definition) is 7. The van der Waals surface area contributed by atoms with Crippen molar-refractivity contribution in [2.75, 3.05) is 30.2 Å². The minimum absolute atomic E-state index is 0.0108. The number of alkyl halides is 3. The Labute approximate surface area is 194 Å². The maximum absolute atomic E-state index is 13.8. The summed E-state index contributed by atoms with van der Waals surface area (Å²) in [6.45, 7) is 1.75. The van der Waals surface area contributed by atoms with Crippen molar-refractivity contribution in [3.8, 4) is 0 Å². The fourth-order valence-electron chi connectivity index (χ4n) is 4.32. The van der Waals surface area contributed by atoms with Gasteiger partial charge >= 0.3 is 6.18 Å². The molecule has 7 nitrogen and oxygen atoms in total.